The number of nitrogens with zero attached hydrogens (tertiary/aromatic N) is 1. The van der Waals surface area contributed by atoms with Crippen LogP contribution in [0.2, 0.25) is 0 Å². The van der Waals surface area contributed by atoms with E-state index in [0.29, 0.717) is 5.92 Å². The van der Waals surface area contributed by atoms with Crippen molar-refractivity contribution >= 4 is 11.6 Å². The summed E-state index contributed by atoms with van der Waals surface area (Å²) in [4.78, 5) is 37.0. The van der Waals surface area contributed by atoms with Gasteiger partial charge in [0, 0.05) is 30.9 Å². The lowest BCUT2D eigenvalue weighted by molar-refractivity contribution is -0.116. The molecule has 2 rings (SSSR count). The summed E-state index contributed by atoms with van der Waals surface area (Å²) in [5, 5.41) is 2.93. The van der Waals surface area contributed by atoms with Crippen molar-refractivity contribution in [3.63, 3.8) is 0 Å². The third-order valence-corrected chi connectivity index (χ3v) is 3.67. The minimum Gasteiger partial charge on any atom is -0.326 e. The van der Waals surface area contributed by atoms with Crippen LogP contribution in [0, 0.1) is 6.92 Å². The fraction of sp³-hybridized carbons (Fsp3) is 0.353. The summed E-state index contributed by atoms with van der Waals surface area (Å²) in [5.41, 5.74) is 1.97. The summed E-state index contributed by atoms with van der Waals surface area (Å²) < 4.78 is 1.31. The molecule has 0 atom stereocenters. The van der Waals surface area contributed by atoms with E-state index in [-0.39, 0.29) is 18.9 Å². The minimum atomic E-state index is -0.510. The summed E-state index contributed by atoms with van der Waals surface area (Å²) in [7, 11) is 0. The van der Waals surface area contributed by atoms with E-state index in [2.05, 4.69) is 24.1 Å². The maximum Gasteiger partial charge on any atom is 0.328 e. The van der Waals surface area contributed by atoms with Crippen LogP contribution in [-0.2, 0) is 11.3 Å². The summed E-state index contributed by atoms with van der Waals surface area (Å²) in [6.07, 6.45) is 1.54. The van der Waals surface area contributed by atoms with Crippen molar-refractivity contribution < 1.29 is 4.79 Å². The number of anilines is 1. The number of para-hydroxylation sites is 1. The third-order valence-electron chi connectivity index (χ3n) is 3.67. The topological polar surface area (TPSA) is 84.0 Å². The molecule has 0 aliphatic heterocycles. The number of benzene rings is 1. The molecular weight excluding hydrogens is 294 g/mol. The van der Waals surface area contributed by atoms with Crippen molar-refractivity contribution in [2.45, 2.75) is 39.7 Å². The van der Waals surface area contributed by atoms with Gasteiger partial charge < -0.3 is 9.88 Å². The first kappa shape index (κ1) is 16.7. The van der Waals surface area contributed by atoms with Crippen LogP contribution in [0.3, 0.4) is 0 Å². The number of hydrogen-bond acceptors (Lipinski definition) is 3. The van der Waals surface area contributed by atoms with Gasteiger partial charge in [0.05, 0.1) is 0 Å². The van der Waals surface area contributed by atoms with Crippen LogP contribution >= 0.6 is 0 Å². The average Bonchev–Trinajstić information content (AvgIpc) is 2.48. The molecule has 0 fully saturated rings. The number of carbonyl (C=O) groups is 1. The largest absolute Gasteiger partial charge is 0.328 e. The number of aromatic nitrogens is 2. The molecule has 0 saturated carbocycles. The molecule has 0 spiro atoms. The molecule has 0 saturated heterocycles. The van der Waals surface area contributed by atoms with Gasteiger partial charge in [-0.1, -0.05) is 32.0 Å². The van der Waals surface area contributed by atoms with E-state index in [9.17, 15) is 14.4 Å². The molecule has 0 aliphatic carbocycles. The van der Waals surface area contributed by atoms with Gasteiger partial charge in [0.2, 0.25) is 5.91 Å². The Balaban J connectivity index is 2.09. The number of aryl methyl sites for hydroxylation is 2. The maximum atomic E-state index is 12.2. The summed E-state index contributed by atoms with van der Waals surface area (Å²) in [5.74, 6) is 0.131. The molecular formula is C17H21N3O3. The van der Waals surface area contributed by atoms with Gasteiger partial charge in [-0.25, -0.2) is 4.79 Å². The second-order valence-electron chi connectivity index (χ2n) is 5.80. The SMILES string of the molecule is Cc1cccc(C(C)C)c1NC(=O)CCn1ccc(=O)[nH]c1=O. The van der Waals surface area contributed by atoms with Gasteiger partial charge in [0.1, 0.15) is 0 Å². The molecule has 1 heterocycles. The zero-order valence-electron chi connectivity index (χ0n) is 13.6. The van der Waals surface area contributed by atoms with E-state index in [1.54, 1.807) is 0 Å². The monoisotopic (exact) mass is 315 g/mol. The lowest BCUT2D eigenvalue weighted by atomic mass is 9.98. The number of nitrogens with one attached hydrogen (secondary N) is 2. The van der Waals surface area contributed by atoms with Crippen LogP contribution < -0.4 is 16.6 Å². The van der Waals surface area contributed by atoms with Crippen molar-refractivity contribution in [3.05, 3.63) is 62.4 Å². The molecule has 0 radical (unpaired) electrons. The first-order valence-electron chi connectivity index (χ1n) is 7.57. The summed E-state index contributed by atoms with van der Waals surface area (Å²) in [6.45, 7) is 6.31. The molecule has 2 aromatic rings. The number of aromatic amines is 1. The number of carbonyl (C=O) groups excluding carboxylic acids is 1. The molecule has 1 amide bonds. The Kier molecular flexibility index (Phi) is 5.16. The van der Waals surface area contributed by atoms with Crippen LogP contribution in [0.5, 0.6) is 0 Å². The van der Waals surface area contributed by atoms with Gasteiger partial charge in [-0.15, -0.1) is 0 Å². The molecule has 1 aromatic carbocycles. The normalized spacial score (nSPS) is 10.8. The predicted molar refractivity (Wildman–Crippen MR) is 89.8 cm³/mol. The number of H-pyrrole nitrogens is 1. The van der Waals surface area contributed by atoms with E-state index in [4.69, 9.17) is 0 Å². The fourth-order valence-corrected chi connectivity index (χ4v) is 2.39. The highest BCUT2D eigenvalue weighted by atomic mass is 16.2. The van der Waals surface area contributed by atoms with Crippen molar-refractivity contribution in [3.8, 4) is 0 Å². The summed E-state index contributed by atoms with van der Waals surface area (Å²) in [6, 6.07) is 7.19. The molecule has 0 unspecified atom stereocenters. The van der Waals surface area contributed by atoms with Crippen molar-refractivity contribution in [2.24, 2.45) is 0 Å². The Bertz CT molecular complexity index is 818. The Morgan fingerprint density at radius 3 is 2.65 bits per heavy atom. The highest BCUT2D eigenvalue weighted by Crippen LogP contribution is 2.27. The molecule has 122 valence electrons. The fourth-order valence-electron chi connectivity index (χ4n) is 2.39. The molecule has 0 aliphatic rings. The van der Waals surface area contributed by atoms with Gasteiger partial charge in [0.15, 0.2) is 0 Å². The van der Waals surface area contributed by atoms with Crippen molar-refractivity contribution in [1.29, 1.82) is 0 Å². The molecule has 23 heavy (non-hydrogen) atoms. The highest BCUT2D eigenvalue weighted by Gasteiger charge is 2.12. The Hall–Kier alpha value is -2.63. The summed E-state index contributed by atoms with van der Waals surface area (Å²) >= 11 is 0. The van der Waals surface area contributed by atoms with Crippen LogP contribution in [0.1, 0.15) is 37.3 Å². The molecule has 6 heteroatoms. The van der Waals surface area contributed by atoms with Gasteiger partial charge in [-0.05, 0) is 24.0 Å². The number of hydrogen-bond donors (Lipinski definition) is 2. The highest BCUT2D eigenvalue weighted by molar-refractivity contribution is 5.92. The first-order valence-corrected chi connectivity index (χ1v) is 7.57. The van der Waals surface area contributed by atoms with E-state index in [1.165, 1.54) is 16.8 Å². The van der Waals surface area contributed by atoms with Crippen LogP contribution in [0.15, 0.2) is 40.1 Å². The van der Waals surface area contributed by atoms with E-state index < -0.39 is 11.2 Å². The smallest absolute Gasteiger partial charge is 0.326 e. The zero-order chi connectivity index (χ0) is 17.0. The Morgan fingerprint density at radius 1 is 1.26 bits per heavy atom. The second-order valence-corrected chi connectivity index (χ2v) is 5.80. The quantitative estimate of drug-likeness (QED) is 0.885. The Morgan fingerprint density at radius 2 is 2.00 bits per heavy atom. The van der Waals surface area contributed by atoms with Crippen LogP contribution in [0.25, 0.3) is 0 Å². The first-order chi connectivity index (χ1) is 10.9. The van der Waals surface area contributed by atoms with Crippen LogP contribution in [-0.4, -0.2) is 15.5 Å². The van der Waals surface area contributed by atoms with Gasteiger partial charge in [-0.3, -0.25) is 14.6 Å². The third kappa shape index (κ3) is 4.18. The maximum absolute atomic E-state index is 12.2. The lowest BCUT2D eigenvalue weighted by Gasteiger charge is -2.16. The standard InChI is InChI=1S/C17H21N3O3/c1-11(2)13-6-4-5-12(3)16(13)18-14(21)7-9-20-10-8-15(22)19-17(20)23/h4-6,8,10-11H,7,9H2,1-3H3,(H,18,21)(H,19,22,23). The van der Waals surface area contributed by atoms with E-state index in [0.717, 1.165) is 16.8 Å². The van der Waals surface area contributed by atoms with Crippen molar-refractivity contribution in [2.75, 3.05) is 5.32 Å². The van der Waals surface area contributed by atoms with Crippen molar-refractivity contribution in [1.82, 2.24) is 9.55 Å². The van der Waals surface area contributed by atoms with Gasteiger partial charge in [0.25, 0.3) is 5.56 Å². The molecule has 1 aromatic heterocycles. The van der Waals surface area contributed by atoms with Gasteiger partial charge in [-0.2, -0.15) is 0 Å². The van der Waals surface area contributed by atoms with E-state index >= 15 is 0 Å². The zero-order valence-corrected chi connectivity index (χ0v) is 13.6. The van der Waals surface area contributed by atoms with E-state index in [1.807, 2.05) is 25.1 Å². The predicted octanol–water partition coefficient (Wildman–Crippen LogP) is 2.00. The minimum absolute atomic E-state index is 0.151. The molecule has 6 nitrogen and oxygen atoms in total. The van der Waals surface area contributed by atoms with Crippen LogP contribution in [0.4, 0.5) is 5.69 Å². The lowest BCUT2D eigenvalue weighted by Crippen LogP contribution is -2.29. The molecule has 0 bridgehead atoms. The number of rotatable bonds is 5. The van der Waals surface area contributed by atoms with Gasteiger partial charge >= 0.3 is 5.69 Å². The average molecular weight is 315 g/mol. The molecule has 2 N–H and O–H groups in total. The second kappa shape index (κ2) is 7.09. The Labute approximate surface area is 134 Å². The number of amides is 1.